The minimum atomic E-state index is -0.524. The highest BCUT2D eigenvalue weighted by molar-refractivity contribution is 7.27. The minimum absolute atomic E-state index is 0.149. The van der Waals surface area contributed by atoms with Crippen molar-refractivity contribution in [2.24, 2.45) is 0 Å². The molecule has 1 aliphatic rings. The lowest BCUT2D eigenvalue weighted by molar-refractivity contribution is 0.122. The number of ether oxygens (including phenoxy) is 1. The van der Waals surface area contributed by atoms with Gasteiger partial charge in [0, 0.05) is 37.6 Å². The molecule has 4 aromatic rings. The summed E-state index contributed by atoms with van der Waals surface area (Å²) in [7, 11) is 2.66. The standard InChI is InChI=1S/C22H22N5O3P/c28-20-19(21-23-12-15(24-21)11-14-1-4-17(31)5-2-14)25-18-6-3-16(13-27(18)22(20)29)26-7-9-30-10-8-26/h1-6,12-13,28H,7-11,31H2,(H,23,24). The summed E-state index contributed by atoms with van der Waals surface area (Å²) in [6.45, 7) is 2.81. The number of hydrogen-bond acceptors (Lipinski definition) is 6. The largest absolute Gasteiger partial charge is 0.501 e. The maximum Gasteiger partial charge on any atom is 0.300 e. The van der Waals surface area contributed by atoms with Crippen LogP contribution in [0, 0.1) is 0 Å². The zero-order chi connectivity index (χ0) is 21.4. The highest BCUT2D eigenvalue weighted by Gasteiger charge is 2.18. The normalized spacial score (nSPS) is 14.3. The number of pyridine rings is 1. The monoisotopic (exact) mass is 435 g/mol. The molecule has 1 fully saturated rings. The van der Waals surface area contributed by atoms with Gasteiger partial charge in [-0.15, -0.1) is 9.24 Å². The van der Waals surface area contributed by atoms with E-state index in [-0.39, 0.29) is 5.69 Å². The van der Waals surface area contributed by atoms with Crippen LogP contribution >= 0.6 is 9.24 Å². The van der Waals surface area contributed by atoms with Crippen molar-refractivity contribution in [3.63, 3.8) is 0 Å². The van der Waals surface area contributed by atoms with Crippen LogP contribution in [0.15, 0.2) is 53.6 Å². The van der Waals surface area contributed by atoms with Crippen molar-refractivity contribution in [1.29, 1.82) is 0 Å². The van der Waals surface area contributed by atoms with Gasteiger partial charge in [0.25, 0.3) is 0 Å². The molecule has 5 rings (SSSR count). The fraction of sp³-hybridized carbons (Fsp3) is 0.227. The van der Waals surface area contributed by atoms with Gasteiger partial charge >= 0.3 is 5.56 Å². The first-order chi connectivity index (χ1) is 15.1. The van der Waals surface area contributed by atoms with Gasteiger partial charge in [-0.05, 0) is 23.0 Å². The number of aromatic hydroxyl groups is 1. The Balaban J connectivity index is 1.47. The summed E-state index contributed by atoms with van der Waals surface area (Å²) in [6.07, 6.45) is 4.07. The van der Waals surface area contributed by atoms with Crippen LogP contribution in [0.3, 0.4) is 0 Å². The van der Waals surface area contributed by atoms with E-state index in [9.17, 15) is 9.90 Å². The second-order valence-electron chi connectivity index (χ2n) is 7.50. The highest BCUT2D eigenvalue weighted by atomic mass is 31.0. The van der Waals surface area contributed by atoms with Crippen LogP contribution in [0.2, 0.25) is 0 Å². The summed E-state index contributed by atoms with van der Waals surface area (Å²) in [5.74, 6) is -0.0584. The first-order valence-electron chi connectivity index (χ1n) is 10.1. The van der Waals surface area contributed by atoms with Crippen molar-refractivity contribution < 1.29 is 9.84 Å². The number of H-pyrrole nitrogens is 1. The van der Waals surface area contributed by atoms with Crippen molar-refractivity contribution in [2.75, 3.05) is 31.2 Å². The molecule has 2 N–H and O–H groups in total. The van der Waals surface area contributed by atoms with E-state index in [4.69, 9.17) is 4.74 Å². The quantitative estimate of drug-likeness (QED) is 0.474. The van der Waals surface area contributed by atoms with Crippen molar-refractivity contribution in [1.82, 2.24) is 19.4 Å². The first kappa shape index (κ1) is 19.7. The number of morpholine rings is 1. The summed E-state index contributed by atoms with van der Waals surface area (Å²) in [5, 5.41) is 11.7. The van der Waals surface area contributed by atoms with E-state index in [1.54, 1.807) is 18.5 Å². The summed E-state index contributed by atoms with van der Waals surface area (Å²) >= 11 is 0. The van der Waals surface area contributed by atoms with E-state index in [1.165, 1.54) is 4.40 Å². The molecule has 1 unspecified atom stereocenters. The molecule has 1 aliphatic heterocycles. The molecular weight excluding hydrogens is 413 g/mol. The van der Waals surface area contributed by atoms with E-state index >= 15 is 0 Å². The lowest BCUT2D eigenvalue weighted by Gasteiger charge is -2.28. The van der Waals surface area contributed by atoms with Gasteiger partial charge in [-0.3, -0.25) is 9.20 Å². The number of anilines is 1. The van der Waals surface area contributed by atoms with E-state index in [2.05, 4.69) is 29.1 Å². The number of rotatable bonds is 4. The topological polar surface area (TPSA) is 95.7 Å². The number of hydrogen-bond donors (Lipinski definition) is 2. The fourth-order valence-electron chi connectivity index (χ4n) is 3.72. The maximum absolute atomic E-state index is 12.9. The zero-order valence-corrected chi connectivity index (χ0v) is 17.9. The van der Waals surface area contributed by atoms with Crippen LogP contribution in [-0.2, 0) is 11.2 Å². The molecule has 0 bridgehead atoms. The minimum Gasteiger partial charge on any atom is -0.501 e. The third-order valence-corrected chi connectivity index (χ3v) is 5.77. The molecule has 1 aromatic carbocycles. The van der Waals surface area contributed by atoms with Crippen LogP contribution in [0.5, 0.6) is 5.75 Å². The lowest BCUT2D eigenvalue weighted by Crippen LogP contribution is -2.36. The van der Waals surface area contributed by atoms with Gasteiger partial charge in [0.1, 0.15) is 5.65 Å². The molecule has 31 heavy (non-hydrogen) atoms. The lowest BCUT2D eigenvalue weighted by atomic mass is 10.1. The first-order valence-corrected chi connectivity index (χ1v) is 10.6. The van der Waals surface area contributed by atoms with Crippen LogP contribution < -0.4 is 15.8 Å². The van der Waals surface area contributed by atoms with Gasteiger partial charge in [0.05, 0.1) is 18.9 Å². The number of nitrogens with one attached hydrogen (secondary N) is 1. The third-order valence-electron chi connectivity index (χ3n) is 5.39. The Labute approximate surface area is 180 Å². The summed E-state index contributed by atoms with van der Waals surface area (Å²) < 4.78 is 6.76. The van der Waals surface area contributed by atoms with Crippen molar-refractivity contribution in [3.8, 4) is 17.3 Å². The molecule has 1 atom stereocenters. The molecule has 8 nitrogen and oxygen atoms in total. The third kappa shape index (κ3) is 3.92. The molecule has 0 aliphatic carbocycles. The van der Waals surface area contributed by atoms with Crippen LogP contribution in [-0.4, -0.2) is 50.8 Å². The Hall–Kier alpha value is -3.22. The molecule has 3 aromatic heterocycles. The second kappa shape index (κ2) is 8.13. The van der Waals surface area contributed by atoms with Gasteiger partial charge in [0.2, 0.25) is 5.75 Å². The van der Waals surface area contributed by atoms with Crippen molar-refractivity contribution in [3.05, 3.63) is 70.4 Å². The number of benzene rings is 1. The summed E-state index contributed by atoms with van der Waals surface area (Å²) in [6, 6.07) is 11.9. The van der Waals surface area contributed by atoms with Gasteiger partial charge in [-0.1, -0.05) is 24.3 Å². The molecule has 0 saturated carbocycles. The summed E-state index contributed by atoms with van der Waals surface area (Å²) in [4.78, 5) is 27.0. The molecule has 0 radical (unpaired) electrons. The Kier molecular flexibility index (Phi) is 5.18. The molecule has 4 heterocycles. The van der Waals surface area contributed by atoms with Gasteiger partial charge in [-0.25, -0.2) is 9.97 Å². The van der Waals surface area contributed by atoms with Crippen LogP contribution in [0.1, 0.15) is 11.3 Å². The van der Waals surface area contributed by atoms with E-state index in [1.807, 2.05) is 30.3 Å². The molecule has 158 valence electrons. The van der Waals surface area contributed by atoms with E-state index in [0.29, 0.717) is 31.1 Å². The van der Waals surface area contributed by atoms with Gasteiger partial charge in [0.15, 0.2) is 11.5 Å². The van der Waals surface area contributed by atoms with Crippen LogP contribution in [0.25, 0.3) is 17.2 Å². The predicted octanol–water partition coefficient (Wildman–Crippen LogP) is 1.72. The molecule has 9 heteroatoms. The molecule has 0 spiro atoms. The number of aromatic nitrogens is 4. The number of aromatic amines is 1. The molecule has 1 saturated heterocycles. The van der Waals surface area contributed by atoms with E-state index in [0.717, 1.165) is 35.3 Å². The van der Waals surface area contributed by atoms with Gasteiger partial charge < -0.3 is 19.7 Å². The predicted molar refractivity (Wildman–Crippen MR) is 122 cm³/mol. The maximum atomic E-state index is 12.9. The van der Waals surface area contributed by atoms with E-state index < -0.39 is 11.3 Å². The Morgan fingerprint density at radius 3 is 2.68 bits per heavy atom. The van der Waals surface area contributed by atoms with Crippen molar-refractivity contribution >= 4 is 25.9 Å². The SMILES string of the molecule is O=c1c(O)c(-c2ncc(Cc3ccc(P)cc3)[nH]2)nc2ccc(N3CCOCC3)cn12. The zero-order valence-electron chi connectivity index (χ0n) is 16.8. The highest BCUT2D eigenvalue weighted by Crippen LogP contribution is 2.24. The molecular formula is C22H22N5O3P. The Morgan fingerprint density at radius 1 is 1.13 bits per heavy atom. The average Bonchev–Trinajstić information content (AvgIpc) is 3.26. The number of nitrogens with zero attached hydrogens (tertiary/aromatic N) is 4. The van der Waals surface area contributed by atoms with Gasteiger partial charge in [-0.2, -0.15) is 0 Å². The number of imidazole rings is 1. The van der Waals surface area contributed by atoms with Crippen molar-refractivity contribution in [2.45, 2.75) is 6.42 Å². The molecule has 0 amide bonds. The second-order valence-corrected chi connectivity index (χ2v) is 8.17. The Morgan fingerprint density at radius 2 is 1.90 bits per heavy atom. The summed E-state index contributed by atoms with van der Waals surface area (Å²) in [5.41, 5.74) is 2.97. The average molecular weight is 435 g/mol. The number of fused-ring (bicyclic) bond motifs is 1. The fourth-order valence-corrected chi connectivity index (χ4v) is 3.91. The Bertz CT molecular complexity index is 1290. The van der Waals surface area contributed by atoms with Crippen LogP contribution in [0.4, 0.5) is 5.69 Å². The smallest absolute Gasteiger partial charge is 0.300 e.